The van der Waals surface area contributed by atoms with Crippen LogP contribution in [0.3, 0.4) is 0 Å². The molecule has 1 atom stereocenters. The molecule has 24 heavy (non-hydrogen) atoms. The predicted octanol–water partition coefficient (Wildman–Crippen LogP) is 0.559. The zero-order valence-corrected chi connectivity index (χ0v) is 15.1. The van der Waals surface area contributed by atoms with Gasteiger partial charge in [0.05, 0.1) is 13.2 Å². The number of nitrogens with one attached hydrogen (secondary N) is 1. The number of hydrogen-bond donors (Lipinski definition) is 1. The molecule has 7 nitrogen and oxygen atoms in total. The third-order valence-electron chi connectivity index (χ3n) is 4.45. The Morgan fingerprint density at radius 3 is 2.67 bits per heavy atom. The van der Waals surface area contributed by atoms with Crippen molar-refractivity contribution in [1.29, 1.82) is 0 Å². The number of rotatable bonds is 7. The molecule has 1 amide bonds. The maximum Gasteiger partial charge on any atom is 0.219 e. The van der Waals surface area contributed by atoms with E-state index in [4.69, 9.17) is 14.5 Å². The third-order valence-corrected chi connectivity index (χ3v) is 4.45. The highest BCUT2D eigenvalue weighted by Gasteiger charge is 2.20. The van der Waals surface area contributed by atoms with Crippen molar-refractivity contribution >= 4 is 11.9 Å². The van der Waals surface area contributed by atoms with Crippen LogP contribution < -0.4 is 5.32 Å². The molecule has 2 saturated heterocycles. The number of carbonyl (C=O) groups is 1. The highest BCUT2D eigenvalue weighted by Crippen LogP contribution is 2.12. The Kier molecular flexibility index (Phi) is 8.32. The third kappa shape index (κ3) is 6.28. The molecular weight excluding hydrogens is 308 g/mol. The van der Waals surface area contributed by atoms with Crippen LogP contribution >= 0.6 is 0 Å². The fourth-order valence-corrected chi connectivity index (χ4v) is 2.98. The summed E-state index contributed by atoms with van der Waals surface area (Å²) in [4.78, 5) is 20.2. The monoisotopic (exact) mass is 340 g/mol. The van der Waals surface area contributed by atoms with E-state index in [1.807, 2.05) is 4.90 Å². The fraction of sp³-hybridized carbons (Fsp3) is 0.882. The number of piperazine rings is 1. The van der Waals surface area contributed by atoms with Crippen molar-refractivity contribution < 1.29 is 14.3 Å². The molecule has 138 valence electrons. The SMILES string of the molecule is CCNC(=NCCCOCC1CCOC1)N1CCN(C(C)=O)CC1. The number of guanidine groups is 1. The standard InChI is InChI=1S/C17H32N4O3/c1-3-18-17(21-9-7-20(8-10-21)15(2)22)19-6-4-11-23-13-16-5-12-24-14-16/h16H,3-14H2,1-2H3,(H,18,19). The first-order valence-corrected chi connectivity index (χ1v) is 9.15. The topological polar surface area (TPSA) is 66.4 Å². The van der Waals surface area contributed by atoms with Crippen molar-refractivity contribution in [3.05, 3.63) is 0 Å². The van der Waals surface area contributed by atoms with Gasteiger partial charge in [-0.1, -0.05) is 0 Å². The lowest BCUT2D eigenvalue weighted by atomic mass is 10.1. The smallest absolute Gasteiger partial charge is 0.219 e. The molecule has 0 aromatic carbocycles. The van der Waals surface area contributed by atoms with Gasteiger partial charge in [-0.15, -0.1) is 0 Å². The summed E-state index contributed by atoms with van der Waals surface area (Å²) in [6.07, 6.45) is 2.05. The maximum absolute atomic E-state index is 11.4. The number of ether oxygens (including phenoxy) is 2. The molecule has 0 aromatic heterocycles. The Morgan fingerprint density at radius 2 is 2.04 bits per heavy atom. The van der Waals surface area contributed by atoms with Crippen LogP contribution in [0.2, 0.25) is 0 Å². The van der Waals surface area contributed by atoms with Crippen molar-refractivity contribution in [2.45, 2.75) is 26.7 Å². The minimum absolute atomic E-state index is 0.154. The fourth-order valence-electron chi connectivity index (χ4n) is 2.98. The van der Waals surface area contributed by atoms with Gasteiger partial charge in [0.25, 0.3) is 0 Å². The lowest BCUT2D eigenvalue weighted by Crippen LogP contribution is -2.53. The first-order chi connectivity index (χ1) is 11.7. The summed E-state index contributed by atoms with van der Waals surface area (Å²) in [7, 11) is 0. The summed E-state index contributed by atoms with van der Waals surface area (Å²) >= 11 is 0. The van der Waals surface area contributed by atoms with Gasteiger partial charge in [0.1, 0.15) is 0 Å². The van der Waals surface area contributed by atoms with Crippen molar-refractivity contribution in [1.82, 2.24) is 15.1 Å². The van der Waals surface area contributed by atoms with Crippen LogP contribution in [0.25, 0.3) is 0 Å². The first kappa shape index (κ1) is 19.0. The summed E-state index contributed by atoms with van der Waals surface area (Å²) in [6, 6.07) is 0. The molecule has 0 aliphatic carbocycles. The van der Waals surface area contributed by atoms with Crippen LogP contribution in [0.4, 0.5) is 0 Å². The summed E-state index contributed by atoms with van der Waals surface area (Å²) < 4.78 is 11.1. The van der Waals surface area contributed by atoms with Crippen molar-refractivity contribution in [2.75, 3.05) is 65.7 Å². The van der Waals surface area contributed by atoms with Crippen LogP contribution in [0, 0.1) is 5.92 Å². The molecule has 2 aliphatic rings. The van der Waals surface area contributed by atoms with E-state index in [0.29, 0.717) is 5.92 Å². The second-order valence-electron chi connectivity index (χ2n) is 6.39. The van der Waals surface area contributed by atoms with Gasteiger partial charge in [0.15, 0.2) is 5.96 Å². The van der Waals surface area contributed by atoms with Gasteiger partial charge >= 0.3 is 0 Å². The number of nitrogens with zero attached hydrogens (tertiary/aromatic N) is 3. The normalized spacial score (nSPS) is 22.1. The number of carbonyl (C=O) groups excluding carboxylic acids is 1. The average molecular weight is 340 g/mol. The minimum Gasteiger partial charge on any atom is -0.381 e. The second-order valence-corrected chi connectivity index (χ2v) is 6.39. The molecule has 1 unspecified atom stereocenters. The Morgan fingerprint density at radius 1 is 1.29 bits per heavy atom. The van der Waals surface area contributed by atoms with Gasteiger partial charge in [-0.25, -0.2) is 0 Å². The van der Waals surface area contributed by atoms with Crippen LogP contribution in [-0.2, 0) is 14.3 Å². The zero-order chi connectivity index (χ0) is 17.2. The molecule has 2 heterocycles. The molecule has 0 radical (unpaired) electrons. The lowest BCUT2D eigenvalue weighted by molar-refractivity contribution is -0.130. The van der Waals surface area contributed by atoms with E-state index in [1.165, 1.54) is 0 Å². The highest BCUT2D eigenvalue weighted by molar-refractivity contribution is 5.80. The molecular formula is C17H32N4O3. The van der Waals surface area contributed by atoms with E-state index in [1.54, 1.807) is 6.92 Å². The van der Waals surface area contributed by atoms with Crippen LogP contribution in [-0.4, -0.2) is 87.4 Å². The maximum atomic E-state index is 11.4. The van der Waals surface area contributed by atoms with Gasteiger partial charge in [-0.2, -0.15) is 0 Å². The zero-order valence-electron chi connectivity index (χ0n) is 15.1. The lowest BCUT2D eigenvalue weighted by Gasteiger charge is -2.36. The van der Waals surface area contributed by atoms with Crippen LogP contribution in [0.5, 0.6) is 0 Å². The molecule has 0 bridgehead atoms. The number of hydrogen-bond acceptors (Lipinski definition) is 4. The predicted molar refractivity (Wildman–Crippen MR) is 94.2 cm³/mol. The van der Waals surface area contributed by atoms with Gasteiger partial charge in [-0.3, -0.25) is 9.79 Å². The summed E-state index contributed by atoms with van der Waals surface area (Å²) in [5.41, 5.74) is 0. The van der Waals surface area contributed by atoms with Crippen LogP contribution in [0.15, 0.2) is 4.99 Å². The summed E-state index contributed by atoms with van der Waals surface area (Å²) in [6.45, 7) is 11.8. The molecule has 1 N–H and O–H groups in total. The molecule has 0 saturated carbocycles. The van der Waals surface area contributed by atoms with Gasteiger partial charge in [0.2, 0.25) is 5.91 Å². The van der Waals surface area contributed by atoms with Crippen molar-refractivity contribution in [2.24, 2.45) is 10.9 Å². The largest absolute Gasteiger partial charge is 0.381 e. The first-order valence-electron chi connectivity index (χ1n) is 9.15. The second kappa shape index (κ2) is 10.5. The Hall–Kier alpha value is -1.34. The van der Waals surface area contributed by atoms with E-state index in [9.17, 15) is 4.79 Å². The molecule has 0 aromatic rings. The van der Waals surface area contributed by atoms with E-state index in [0.717, 1.165) is 84.5 Å². The quantitative estimate of drug-likeness (QED) is 0.417. The van der Waals surface area contributed by atoms with E-state index in [2.05, 4.69) is 17.1 Å². The Labute approximate surface area is 145 Å². The van der Waals surface area contributed by atoms with Crippen molar-refractivity contribution in [3.63, 3.8) is 0 Å². The summed E-state index contributed by atoms with van der Waals surface area (Å²) in [5, 5.41) is 3.35. The van der Waals surface area contributed by atoms with E-state index in [-0.39, 0.29) is 5.91 Å². The average Bonchev–Trinajstić information content (AvgIpc) is 3.10. The molecule has 2 fully saturated rings. The number of amides is 1. The van der Waals surface area contributed by atoms with Gasteiger partial charge in [-0.05, 0) is 19.8 Å². The minimum atomic E-state index is 0.154. The van der Waals surface area contributed by atoms with Crippen LogP contribution in [0.1, 0.15) is 26.7 Å². The Bertz CT molecular complexity index is 403. The summed E-state index contributed by atoms with van der Waals surface area (Å²) in [5.74, 6) is 1.68. The van der Waals surface area contributed by atoms with Crippen molar-refractivity contribution in [3.8, 4) is 0 Å². The van der Waals surface area contributed by atoms with Gasteiger partial charge < -0.3 is 24.6 Å². The molecule has 2 aliphatic heterocycles. The molecule has 2 rings (SSSR count). The van der Waals surface area contributed by atoms with Gasteiger partial charge in [0, 0.05) is 65.3 Å². The Balaban J connectivity index is 1.65. The highest BCUT2D eigenvalue weighted by atomic mass is 16.5. The number of aliphatic imine (C=N–C) groups is 1. The van der Waals surface area contributed by atoms with E-state index >= 15 is 0 Å². The molecule has 7 heteroatoms. The van der Waals surface area contributed by atoms with E-state index < -0.39 is 0 Å². The molecule has 0 spiro atoms.